The van der Waals surface area contributed by atoms with Crippen LogP contribution in [0.1, 0.15) is 11.8 Å². The van der Waals surface area contributed by atoms with Gasteiger partial charge in [-0.15, -0.1) is 11.3 Å². The van der Waals surface area contributed by atoms with Crippen LogP contribution < -0.4 is 20.1 Å². The third-order valence-electron chi connectivity index (χ3n) is 5.67. The Morgan fingerprint density at radius 3 is 1.79 bits per heavy atom. The Kier molecular flexibility index (Phi) is 6.84. The molecule has 1 heterocycles. The fourth-order valence-electron chi connectivity index (χ4n) is 3.70. The van der Waals surface area contributed by atoms with Crippen LogP contribution in [0, 0.1) is 5.41 Å². The minimum absolute atomic E-state index is 0.230. The number of nitrogens with one attached hydrogen (secondary N) is 2. The van der Waals surface area contributed by atoms with Crippen molar-refractivity contribution in [3.05, 3.63) is 83.7 Å². The molecule has 0 aliphatic heterocycles. The summed E-state index contributed by atoms with van der Waals surface area (Å²) in [5, 5.41) is 6.77. The molecule has 4 aromatic rings. The number of benzene rings is 3. The lowest BCUT2D eigenvalue weighted by molar-refractivity contribution is -0.136. The molecule has 0 unspecified atom stereocenters. The first-order valence-corrected chi connectivity index (χ1v) is 11.6. The highest BCUT2D eigenvalue weighted by Crippen LogP contribution is 2.38. The SMILES string of the molecule is COc1cc2cc(CC(C)(C(=O)Nc3ccccc3)C(=O)Nc3ccccc3)sc2cc1OC. The van der Waals surface area contributed by atoms with Crippen molar-refractivity contribution in [3.63, 3.8) is 0 Å². The zero-order valence-electron chi connectivity index (χ0n) is 19.3. The van der Waals surface area contributed by atoms with Crippen molar-refractivity contribution >= 4 is 44.6 Å². The average molecular weight is 475 g/mol. The van der Waals surface area contributed by atoms with Gasteiger partial charge in [0.25, 0.3) is 0 Å². The van der Waals surface area contributed by atoms with Gasteiger partial charge in [0.05, 0.1) is 14.2 Å². The second kappa shape index (κ2) is 9.97. The predicted molar refractivity (Wildman–Crippen MR) is 137 cm³/mol. The second-order valence-electron chi connectivity index (χ2n) is 8.11. The van der Waals surface area contributed by atoms with Gasteiger partial charge in [-0.2, -0.15) is 0 Å². The van der Waals surface area contributed by atoms with E-state index in [-0.39, 0.29) is 18.2 Å². The summed E-state index contributed by atoms with van der Waals surface area (Å²) in [6, 6.07) is 24.1. The Bertz CT molecular complexity index is 1210. The standard InChI is InChI=1S/C27H26N2O4S/c1-27(25(30)28-19-10-6-4-7-11-19,26(31)29-20-12-8-5-9-13-20)17-21-14-18-15-22(32-2)23(33-3)16-24(18)34-21/h4-16H,17H2,1-3H3,(H,28,30)(H,29,31). The Morgan fingerprint density at radius 2 is 1.29 bits per heavy atom. The van der Waals surface area contributed by atoms with Crippen molar-refractivity contribution in [1.82, 2.24) is 0 Å². The first kappa shape index (κ1) is 23.3. The molecule has 0 radical (unpaired) electrons. The maximum atomic E-state index is 13.5. The van der Waals surface area contributed by atoms with Gasteiger partial charge >= 0.3 is 0 Å². The van der Waals surface area contributed by atoms with Gasteiger partial charge in [0.2, 0.25) is 11.8 Å². The smallest absolute Gasteiger partial charge is 0.240 e. The normalized spacial score (nSPS) is 11.1. The van der Waals surface area contributed by atoms with Crippen LogP contribution in [0.2, 0.25) is 0 Å². The molecule has 3 aromatic carbocycles. The van der Waals surface area contributed by atoms with E-state index in [4.69, 9.17) is 9.47 Å². The van der Waals surface area contributed by atoms with Crippen molar-refractivity contribution in [2.75, 3.05) is 24.9 Å². The summed E-state index contributed by atoms with van der Waals surface area (Å²) in [4.78, 5) is 27.9. The molecule has 0 bridgehead atoms. The number of fused-ring (bicyclic) bond motifs is 1. The van der Waals surface area contributed by atoms with Crippen molar-refractivity contribution < 1.29 is 19.1 Å². The molecule has 174 valence electrons. The second-order valence-corrected chi connectivity index (χ2v) is 9.28. The van der Waals surface area contributed by atoms with Gasteiger partial charge in [0.1, 0.15) is 5.41 Å². The fourth-order valence-corrected chi connectivity index (χ4v) is 4.93. The van der Waals surface area contributed by atoms with E-state index in [1.807, 2.05) is 54.6 Å². The summed E-state index contributed by atoms with van der Waals surface area (Å²) in [5.74, 6) is 0.514. The summed E-state index contributed by atoms with van der Waals surface area (Å²) in [6.45, 7) is 1.68. The topological polar surface area (TPSA) is 76.7 Å². The lowest BCUT2D eigenvalue weighted by Crippen LogP contribution is -2.45. The average Bonchev–Trinajstić information content (AvgIpc) is 3.24. The number of ether oxygens (including phenoxy) is 2. The highest BCUT2D eigenvalue weighted by atomic mass is 32.1. The van der Waals surface area contributed by atoms with Gasteiger partial charge < -0.3 is 20.1 Å². The van der Waals surface area contributed by atoms with Gasteiger partial charge in [-0.25, -0.2) is 0 Å². The van der Waals surface area contributed by atoms with Crippen LogP contribution in [-0.2, 0) is 16.0 Å². The van der Waals surface area contributed by atoms with Crippen LogP contribution in [0.15, 0.2) is 78.9 Å². The molecule has 1 aromatic heterocycles. The highest BCUT2D eigenvalue weighted by molar-refractivity contribution is 7.19. The van der Waals surface area contributed by atoms with E-state index in [0.717, 1.165) is 15.0 Å². The number of hydrogen-bond donors (Lipinski definition) is 2. The number of carbonyl (C=O) groups excluding carboxylic acids is 2. The summed E-state index contributed by atoms with van der Waals surface area (Å²) >= 11 is 1.52. The maximum Gasteiger partial charge on any atom is 0.240 e. The summed E-state index contributed by atoms with van der Waals surface area (Å²) in [5.41, 5.74) is -0.0881. The number of carbonyl (C=O) groups is 2. The number of amides is 2. The summed E-state index contributed by atoms with van der Waals surface area (Å²) in [7, 11) is 3.19. The van der Waals surface area contributed by atoms with Crippen molar-refractivity contribution in [3.8, 4) is 11.5 Å². The monoisotopic (exact) mass is 474 g/mol. The van der Waals surface area contributed by atoms with Gasteiger partial charge in [0, 0.05) is 33.4 Å². The van der Waals surface area contributed by atoms with E-state index >= 15 is 0 Å². The maximum absolute atomic E-state index is 13.5. The molecular formula is C27H26N2O4S. The van der Waals surface area contributed by atoms with Crippen LogP contribution in [0.4, 0.5) is 11.4 Å². The minimum atomic E-state index is -1.36. The van der Waals surface area contributed by atoms with E-state index in [2.05, 4.69) is 10.6 Å². The van der Waals surface area contributed by atoms with Crippen molar-refractivity contribution in [2.45, 2.75) is 13.3 Å². The molecule has 2 amide bonds. The van der Waals surface area contributed by atoms with Crippen LogP contribution in [0.5, 0.6) is 11.5 Å². The van der Waals surface area contributed by atoms with Crippen LogP contribution >= 0.6 is 11.3 Å². The van der Waals surface area contributed by atoms with Crippen molar-refractivity contribution in [1.29, 1.82) is 0 Å². The van der Waals surface area contributed by atoms with Gasteiger partial charge in [-0.3, -0.25) is 9.59 Å². The largest absolute Gasteiger partial charge is 0.493 e. The zero-order valence-corrected chi connectivity index (χ0v) is 20.1. The van der Waals surface area contributed by atoms with Crippen molar-refractivity contribution in [2.24, 2.45) is 5.41 Å². The van der Waals surface area contributed by atoms with E-state index in [0.29, 0.717) is 22.9 Å². The Balaban J connectivity index is 1.68. The fraction of sp³-hybridized carbons (Fsp3) is 0.185. The Hall–Kier alpha value is -3.84. The van der Waals surface area contributed by atoms with Crippen LogP contribution in [0.3, 0.4) is 0 Å². The number of hydrogen-bond acceptors (Lipinski definition) is 5. The van der Waals surface area contributed by atoms with E-state index in [1.54, 1.807) is 45.4 Å². The third kappa shape index (κ3) is 4.89. The molecule has 0 aliphatic carbocycles. The molecule has 2 N–H and O–H groups in total. The number of thiophene rings is 1. The Morgan fingerprint density at radius 1 is 0.794 bits per heavy atom. The first-order chi connectivity index (χ1) is 16.4. The zero-order chi connectivity index (χ0) is 24.1. The predicted octanol–water partition coefficient (Wildman–Crippen LogP) is 5.74. The first-order valence-electron chi connectivity index (χ1n) is 10.8. The molecule has 6 nitrogen and oxygen atoms in total. The lowest BCUT2D eigenvalue weighted by atomic mass is 9.83. The lowest BCUT2D eigenvalue weighted by Gasteiger charge is -2.27. The van der Waals surface area contributed by atoms with E-state index in [1.165, 1.54) is 11.3 Å². The number of methoxy groups -OCH3 is 2. The molecule has 0 saturated heterocycles. The van der Waals surface area contributed by atoms with E-state index < -0.39 is 5.41 Å². The Labute approximate surface area is 202 Å². The third-order valence-corrected chi connectivity index (χ3v) is 6.76. The highest BCUT2D eigenvalue weighted by Gasteiger charge is 2.42. The summed E-state index contributed by atoms with van der Waals surface area (Å²) < 4.78 is 11.8. The number of rotatable bonds is 8. The minimum Gasteiger partial charge on any atom is -0.493 e. The van der Waals surface area contributed by atoms with Gasteiger partial charge in [0.15, 0.2) is 11.5 Å². The molecule has 34 heavy (non-hydrogen) atoms. The number of para-hydroxylation sites is 2. The molecule has 0 saturated carbocycles. The summed E-state index contributed by atoms with van der Waals surface area (Å²) in [6.07, 6.45) is 0.230. The molecule has 0 atom stereocenters. The molecule has 0 fully saturated rings. The van der Waals surface area contributed by atoms with E-state index in [9.17, 15) is 9.59 Å². The quantitative estimate of drug-likeness (QED) is 0.319. The van der Waals surface area contributed by atoms with Crippen LogP contribution in [-0.4, -0.2) is 26.0 Å². The molecule has 0 spiro atoms. The molecule has 7 heteroatoms. The van der Waals surface area contributed by atoms with Crippen LogP contribution in [0.25, 0.3) is 10.1 Å². The van der Waals surface area contributed by atoms with Gasteiger partial charge in [-0.1, -0.05) is 36.4 Å². The number of anilines is 2. The van der Waals surface area contributed by atoms with Gasteiger partial charge in [-0.05, 0) is 48.7 Å². The molecule has 4 rings (SSSR count). The molecular weight excluding hydrogens is 448 g/mol. The molecule has 0 aliphatic rings.